The summed E-state index contributed by atoms with van der Waals surface area (Å²) in [4.78, 5) is 13.8. The number of nitrogens with zero attached hydrogens (tertiary/aromatic N) is 2. The highest BCUT2D eigenvalue weighted by Crippen LogP contribution is 2.05. The van der Waals surface area contributed by atoms with Crippen molar-refractivity contribution in [1.29, 1.82) is 0 Å². The second-order valence-electron chi connectivity index (χ2n) is 4.48. The third-order valence-corrected chi connectivity index (χ3v) is 2.98. The van der Waals surface area contributed by atoms with Crippen molar-refractivity contribution in [2.75, 3.05) is 38.3 Å². The Bertz CT molecular complexity index is 439. The number of morpholine rings is 1. The zero-order valence-electron chi connectivity index (χ0n) is 11.1. The van der Waals surface area contributed by atoms with Gasteiger partial charge in [-0.05, 0) is 12.1 Å². The molecule has 1 heterocycles. The molecule has 0 unspecified atom stereocenters. The molecule has 0 atom stereocenters. The molecule has 0 aliphatic carbocycles. The standard InChI is InChI=1S/C14H19N3O2/c1-12(18)14(11-17-7-9-19-10-8-17)16-15-13-5-3-2-4-6-13/h2-6,15H,7-11H2,1H3/b16-14+. The summed E-state index contributed by atoms with van der Waals surface area (Å²) in [6, 6.07) is 9.61. The number of Topliss-reactive ketones (excluding diaryl/α,β-unsaturated/α-hetero) is 1. The molecule has 1 N–H and O–H groups in total. The second-order valence-corrected chi connectivity index (χ2v) is 4.48. The van der Waals surface area contributed by atoms with Gasteiger partial charge in [-0.15, -0.1) is 0 Å². The van der Waals surface area contributed by atoms with Crippen molar-refractivity contribution >= 4 is 17.2 Å². The first kappa shape index (κ1) is 13.7. The van der Waals surface area contributed by atoms with Crippen LogP contribution >= 0.6 is 0 Å². The maximum Gasteiger partial charge on any atom is 0.177 e. The summed E-state index contributed by atoms with van der Waals surface area (Å²) in [7, 11) is 0. The van der Waals surface area contributed by atoms with Gasteiger partial charge in [0.25, 0.3) is 0 Å². The fourth-order valence-electron chi connectivity index (χ4n) is 1.84. The molecule has 5 heteroatoms. The maximum absolute atomic E-state index is 11.6. The summed E-state index contributed by atoms with van der Waals surface area (Å²) < 4.78 is 5.29. The number of carbonyl (C=O) groups is 1. The van der Waals surface area contributed by atoms with Gasteiger partial charge in [-0.25, -0.2) is 0 Å². The predicted molar refractivity (Wildman–Crippen MR) is 75.4 cm³/mol. The monoisotopic (exact) mass is 261 g/mol. The summed E-state index contributed by atoms with van der Waals surface area (Å²) in [5.41, 5.74) is 4.35. The number of hydrogen-bond acceptors (Lipinski definition) is 5. The SMILES string of the molecule is CC(=O)/C(CN1CCOCC1)=N/Nc1ccccc1. The van der Waals surface area contributed by atoms with Crippen LogP contribution in [-0.4, -0.2) is 49.2 Å². The average molecular weight is 261 g/mol. The van der Waals surface area contributed by atoms with E-state index in [1.165, 1.54) is 0 Å². The minimum absolute atomic E-state index is 0.00470. The van der Waals surface area contributed by atoms with Crippen LogP contribution in [0, 0.1) is 0 Å². The van der Waals surface area contributed by atoms with Gasteiger partial charge in [-0.3, -0.25) is 15.1 Å². The number of rotatable bonds is 5. The zero-order chi connectivity index (χ0) is 13.5. The molecule has 0 amide bonds. The average Bonchev–Trinajstić information content (AvgIpc) is 2.45. The van der Waals surface area contributed by atoms with Crippen LogP contribution in [0.3, 0.4) is 0 Å². The van der Waals surface area contributed by atoms with E-state index in [1.807, 2.05) is 30.3 Å². The van der Waals surface area contributed by atoms with E-state index in [4.69, 9.17) is 4.74 Å². The Hall–Kier alpha value is -1.72. The molecule has 5 nitrogen and oxygen atoms in total. The minimum atomic E-state index is -0.00470. The van der Waals surface area contributed by atoms with E-state index >= 15 is 0 Å². The summed E-state index contributed by atoms with van der Waals surface area (Å²) >= 11 is 0. The van der Waals surface area contributed by atoms with E-state index in [-0.39, 0.29) is 5.78 Å². The van der Waals surface area contributed by atoms with Crippen molar-refractivity contribution in [1.82, 2.24) is 4.90 Å². The molecule has 102 valence electrons. The number of ether oxygens (including phenoxy) is 1. The third kappa shape index (κ3) is 4.46. The number of hydrogen-bond donors (Lipinski definition) is 1. The number of anilines is 1. The first-order valence-corrected chi connectivity index (χ1v) is 6.44. The lowest BCUT2D eigenvalue weighted by atomic mass is 10.2. The molecule has 0 aromatic heterocycles. The normalized spacial score (nSPS) is 17.2. The highest BCUT2D eigenvalue weighted by Gasteiger charge is 2.15. The van der Waals surface area contributed by atoms with Gasteiger partial charge >= 0.3 is 0 Å². The van der Waals surface area contributed by atoms with Crippen LogP contribution in [0.4, 0.5) is 5.69 Å². The zero-order valence-corrected chi connectivity index (χ0v) is 11.1. The summed E-state index contributed by atoms with van der Waals surface area (Å²) in [6.45, 7) is 5.24. The van der Waals surface area contributed by atoms with E-state index < -0.39 is 0 Å². The topological polar surface area (TPSA) is 53.9 Å². The molecule has 0 bridgehead atoms. The summed E-state index contributed by atoms with van der Waals surface area (Å²) in [5, 5.41) is 4.22. The second kappa shape index (κ2) is 7.01. The Labute approximate surface area is 113 Å². The number of hydrazone groups is 1. The number of carbonyl (C=O) groups excluding carboxylic acids is 1. The van der Waals surface area contributed by atoms with Gasteiger partial charge in [0.15, 0.2) is 5.78 Å². The molecule has 0 radical (unpaired) electrons. The highest BCUT2D eigenvalue weighted by atomic mass is 16.5. The smallest absolute Gasteiger partial charge is 0.177 e. The van der Waals surface area contributed by atoms with Gasteiger partial charge in [0.2, 0.25) is 0 Å². The molecule has 1 fully saturated rings. The molecule has 2 rings (SSSR count). The van der Waals surface area contributed by atoms with Crippen molar-refractivity contribution in [3.8, 4) is 0 Å². The fourth-order valence-corrected chi connectivity index (χ4v) is 1.84. The Balaban J connectivity index is 1.96. The molecular weight excluding hydrogens is 242 g/mol. The van der Waals surface area contributed by atoms with E-state index in [0.29, 0.717) is 12.3 Å². The van der Waals surface area contributed by atoms with Crippen molar-refractivity contribution in [3.63, 3.8) is 0 Å². The number of para-hydroxylation sites is 1. The van der Waals surface area contributed by atoms with Crippen LogP contribution in [0.1, 0.15) is 6.92 Å². The van der Waals surface area contributed by atoms with E-state index in [9.17, 15) is 4.79 Å². The fraction of sp³-hybridized carbons (Fsp3) is 0.429. The number of nitrogens with one attached hydrogen (secondary N) is 1. The van der Waals surface area contributed by atoms with Crippen LogP contribution < -0.4 is 5.43 Å². The van der Waals surface area contributed by atoms with E-state index in [1.54, 1.807) is 6.92 Å². The lowest BCUT2D eigenvalue weighted by Gasteiger charge is -2.26. The Kier molecular flexibility index (Phi) is 5.06. The Morgan fingerprint density at radius 3 is 2.63 bits per heavy atom. The molecule has 1 aliphatic rings. The van der Waals surface area contributed by atoms with Gasteiger partial charge in [-0.1, -0.05) is 18.2 Å². The van der Waals surface area contributed by atoms with Gasteiger partial charge in [0.1, 0.15) is 5.71 Å². The van der Waals surface area contributed by atoms with Crippen molar-refractivity contribution in [3.05, 3.63) is 30.3 Å². The van der Waals surface area contributed by atoms with E-state index in [2.05, 4.69) is 15.4 Å². The van der Waals surface area contributed by atoms with Gasteiger partial charge in [0, 0.05) is 26.6 Å². The quantitative estimate of drug-likeness (QED) is 0.642. The predicted octanol–water partition coefficient (Wildman–Crippen LogP) is 1.38. The molecule has 1 aliphatic heterocycles. The highest BCUT2D eigenvalue weighted by molar-refractivity contribution is 6.39. The van der Waals surface area contributed by atoms with Crippen LogP contribution in [-0.2, 0) is 9.53 Å². The molecule has 0 spiro atoms. The molecule has 1 aromatic rings. The molecular formula is C14H19N3O2. The van der Waals surface area contributed by atoms with Crippen molar-refractivity contribution < 1.29 is 9.53 Å². The summed E-state index contributed by atoms with van der Waals surface area (Å²) in [5.74, 6) is -0.00470. The minimum Gasteiger partial charge on any atom is -0.379 e. The van der Waals surface area contributed by atoms with Gasteiger partial charge in [0.05, 0.1) is 18.9 Å². The van der Waals surface area contributed by atoms with Crippen LogP contribution in [0.25, 0.3) is 0 Å². The summed E-state index contributed by atoms with van der Waals surface area (Å²) in [6.07, 6.45) is 0. The maximum atomic E-state index is 11.6. The first-order valence-electron chi connectivity index (χ1n) is 6.44. The van der Waals surface area contributed by atoms with Crippen LogP contribution in [0.15, 0.2) is 35.4 Å². The first-order chi connectivity index (χ1) is 9.25. The molecule has 1 aromatic carbocycles. The van der Waals surface area contributed by atoms with Gasteiger partial charge in [-0.2, -0.15) is 5.10 Å². The Morgan fingerprint density at radius 1 is 1.32 bits per heavy atom. The van der Waals surface area contributed by atoms with Crippen molar-refractivity contribution in [2.24, 2.45) is 5.10 Å². The number of ketones is 1. The third-order valence-electron chi connectivity index (χ3n) is 2.98. The molecule has 19 heavy (non-hydrogen) atoms. The van der Waals surface area contributed by atoms with Crippen LogP contribution in [0.5, 0.6) is 0 Å². The largest absolute Gasteiger partial charge is 0.379 e. The lowest BCUT2D eigenvalue weighted by molar-refractivity contribution is -0.111. The number of benzene rings is 1. The van der Waals surface area contributed by atoms with Crippen molar-refractivity contribution in [2.45, 2.75) is 6.92 Å². The van der Waals surface area contributed by atoms with Crippen LogP contribution in [0.2, 0.25) is 0 Å². The molecule has 1 saturated heterocycles. The molecule has 0 saturated carbocycles. The lowest BCUT2D eigenvalue weighted by Crippen LogP contribution is -2.41. The van der Waals surface area contributed by atoms with E-state index in [0.717, 1.165) is 32.0 Å². The Morgan fingerprint density at radius 2 is 2.00 bits per heavy atom. The van der Waals surface area contributed by atoms with Gasteiger partial charge < -0.3 is 4.74 Å².